The van der Waals surface area contributed by atoms with Crippen LogP contribution in [0.15, 0.2) is 42.5 Å². The van der Waals surface area contributed by atoms with Crippen LogP contribution in [-0.2, 0) is 14.3 Å². The third-order valence-electron chi connectivity index (χ3n) is 3.47. The molecule has 1 amide bonds. The lowest BCUT2D eigenvalue weighted by Crippen LogP contribution is -2.39. The highest BCUT2D eigenvalue weighted by atomic mass is 16.6. The Balaban J connectivity index is 2.38. The molecule has 1 aromatic carbocycles. The summed E-state index contributed by atoms with van der Waals surface area (Å²) in [5.41, 5.74) is 7.45. The SMILES string of the molecule is CCOC(=O)C(NC(=O)OC(C)(C)C)c1ccc(N)c(-c2ccccc2)n1. The van der Waals surface area contributed by atoms with Crippen LogP contribution in [0.1, 0.15) is 39.4 Å². The van der Waals surface area contributed by atoms with Crippen LogP contribution in [0.3, 0.4) is 0 Å². The van der Waals surface area contributed by atoms with E-state index in [1.54, 1.807) is 39.8 Å². The average Bonchev–Trinajstić information content (AvgIpc) is 2.60. The van der Waals surface area contributed by atoms with E-state index in [0.29, 0.717) is 17.1 Å². The number of carbonyl (C=O) groups excluding carboxylic acids is 2. The van der Waals surface area contributed by atoms with Gasteiger partial charge in [0.15, 0.2) is 6.04 Å². The summed E-state index contributed by atoms with van der Waals surface area (Å²) in [4.78, 5) is 29.1. The molecule has 1 aromatic heterocycles. The zero-order valence-corrected chi connectivity index (χ0v) is 16.0. The van der Waals surface area contributed by atoms with Crippen molar-refractivity contribution in [3.8, 4) is 11.3 Å². The maximum absolute atomic E-state index is 12.4. The van der Waals surface area contributed by atoms with Crippen molar-refractivity contribution in [3.63, 3.8) is 0 Å². The van der Waals surface area contributed by atoms with Crippen LogP contribution < -0.4 is 11.1 Å². The Kier molecular flexibility index (Phi) is 6.39. The fourth-order valence-corrected chi connectivity index (χ4v) is 2.38. The number of nitrogens with two attached hydrogens (primary N) is 1. The van der Waals surface area contributed by atoms with Gasteiger partial charge in [-0.3, -0.25) is 0 Å². The van der Waals surface area contributed by atoms with Gasteiger partial charge in [0.2, 0.25) is 0 Å². The smallest absolute Gasteiger partial charge is 0.408 e. The molecule has 2 rings (SSSR count). The summed E-state index contributed by atoms with van der Waals surface area (Å²) in [7, 11) is 0. The number of hydrogen-bond acceptors (Lipinski definition) is 6. The van der Waals surface area contributed by atoms with Gasteiger partial charge in [-0.2, -0.15) is 0 Å². The highest BCUT2D eigenvalue weighted by Crippen LogP contribution is 2.26. The number of anilines is 1. The van der Waals surface area contributed by atoms with E-state index in [-0.39, 0.29) is 6.61 Å². The molecule has 0 bridgehead atoms. The second-order valence-corrected chi connectivity index (χ2v) is 6.87. The van der Waals surface area contributed by atoms with Gasteiger partial charge in [0.05, 0.1) is 23.7 Å². The Morgan fingerprint density at radius 3 is 2.41 bits per heavy atom. The number of aromatic nitrogens is 1. The van der Waals surface area contributed by atoms with E-state index in [2.05, 4.69) is 10.3 Å². The van der Waals surface area contributed by atoms with Crippen molar-refractivity contribution >= 4 is 17.7 Å². The lowest BCUT2D eigenvalue weighted by Gasteiger charge is -2.23. The number of rotatable bonds is 5. The summed E-state index contributed by atoms with van der Waals surface area (Å²) in [6.07, 6.45) is -0.736. The van der Waals surface area contributed by atoms with E-state index in [1.807, 2.05) is 30.3 Å². The minimum atomic E-state index is -1.11. The predicted octanol–water partition coefficient (Wildman–Crippen LogP) is 3.46. The average molecular weight is 371 g/mol. The molecule has 0 radical (unpaired) electrons. The van der Waals surface area contributed by atoms with E-state index in [4.69, 9.17) is 15.2 Å². The molecule has 0 aliphatic heterocycles. The fraction of sp³-hybridized carbons (Fsp3) is 0.350. The normalized spacial score (nSPS) is 12.1. The number of nitrogens with zero attached hydrogens (tertiary/aromatic N) is 1. The van der Waals surface area contributed by atoms with Crippen molar-refractivity contribution in [2.75, 3.05) is 12.3 Å². The fourth-order valence-electron chi connectivity index (χ4n) is 2.38. The molecule has 0 saturated carbocycles. The van der Waals surface area contributed by atoms with Crippen molar-refractivity contribution < 1.29 is 19.1 Å². The van der Waals surface area contributed by atoms with E-state index >= 15 is 0 Å². The highest BCUT2D eigenvalue weighted by Gasteiger charge is 2.28. The number of esters is 1. The summed E-state index contributed by atoms with van der Waals surface area (Å²) in [5.74, 6) is -0.625. The maximum atomic E-state index is 12.4. The van der Waals surface area contributed by atoms with Crippen molar-refractivity contribution in [1.29, 1.82) is 0 Å². The molecule has 7 heteroatoms. The molecule has 1 atom stereocenters. The number of benzene rings is 1. The first-order valence-corrected chi connectivity index (χ1v) is 8.69. The number of nitrogens with one attached hydrogen (secondary N) is 1. The number of ether oxygens (including phenoxy) is 2. The summed E-state index contributed by atoms with van der Waals surface area (Å²) in [5, 5.41) is 2.53. The third-order valence-corrected chi connectivity index (χ3v) is 3.47. The molecule has 7 nitrogen and oxygen atoms in total. The molecule has 0 aliphatic carbocycles. The van der Waals surface area contributed by atoms with Gasteiger partial charge in [-0.05, 0) is 39.8 Å². The van der Waals surface area contributed by atoms with Crippen LogP contribution in [0.25, 0.3) is 11.3 Å². The molecule has 27 heavy (non-hydrogen) atoms. The summed E-state index contributed by atoms with van der Waals surface area (Å²) in [6.45, 7) is 7.07. The number of nitrogen functional groups attached to an aromatic ring is 1. The lowest BCUT2D eigenvalue weighted by atomic mass is 10.1. The minimum absolute atomic E-state index is 0.172. The zero-order chi connectivity index (χ0) is 20.0. The Morgan fingerprint density at radius 2 is 1.81 bits per heavy atom. The minimum Gasteiger partial charge on any atom is -0.464 e. The number of hydrogen-bond donors (Lipinski definition) is 2. The molecular weight excluding hydrogens is 346 g/mol. The molecule has 0 fully saturated rings. The van der Waals surface area contributed by atoms with E-state index < -0.39 is 23.7 Å². The molecule has 3 N–H and O–H groups in total. The van der Waals surface area contributed by atoms with Gasteiger partial charge in [-0.1, -0.05) is 30.3 Å². The van der Waals surface area contributed by atoms with E-state index in [1.165, 1.54) is 0 Å². The van der Waals surface area contributed by atoms with Crippen LogP contribution >= 0.6 is 0 Å². The first-order valence-electron chi connectivity index (χ1n) is 8.69. The first kappa shape index (κ1) is 20.2. The van der Waals surface area contributed by atoms with Crippen LogP contribution in [0, 0.1) is 0 Å². The number of amides is 1. The summed E-state index contributed by atoms with van der Waals surface area (Å²) in [6, 6.07) is 11.5. The Bertz CT molecular complexity index is 801. The lowest BCUT2D eigenvalue weighted by molar-refractivity contribution is -0.146. The Morgan fingerprint density at radius 1 is 1.15 bits per heavy atom. The number of alkyl carbamates (subject to hydrolysis) is 1. The van der Waals surface area contributed by atoms with Crippen molar-refractivity contribution in [2.45, 2.75) is 39.3 Å². The molecule has 0 aliphatic rings. The van der Waals surface area contributed by atoms with Crippen LogP contribution in [0.4, 0.5) is 10.5 Å². The quantitative estimate of drug-likeness (QED) is 0.780. The zero-order valence-electron chi connectivity index (χ0n) is 16.0. The predicted molar refractivity (Wildman–Crippen MR) is 103 cm³/mol. The Hall–Kier alpha value is -3.09. The maximum Gasteiger partial charge on any atom is 0.408 e. The topological polar surface area (TPSA) is 104 Å². The third kappa shape index (κ3) is 5.70. The van der Waals surface area contributed by atoms with Gasteiger partial charge in [0, 0.05) is 5.56 Å². The second kappa shape index (κ2) is 8.53. The first-order chi connectivity index (χ1) is 12.7. The van der Waals surface area contributed by atoms with E-state index in [9.17, 15) is 9.59 Å². The largest absolute Gasteiger partial charge is 0.464 e. The summed E-state index contributed by atoms with van der Waals surface area (Å²) >= 11 is 0. The molecule has 144 valence electrons. The van der Waals surface area contributed by atoms with Crippen molar-refractivity contribution in [3.05, 3.63) is 48.2 Å². The second-order valence-electron chi connectivity index (χ2n) is 6.87. The van der Waals surface area contributed by atoms with Crippen LogP contribution in [0.2, 0.25) is 0 Å². The number of carbonyl (C=O) groups is 2. The van der Waals surface area contributed by atoms with Gasteiger partial charge >= 0.3 is 12.1 Å². The van der Waals surface area contributed by atoms with Crippen LogP contribution in [0.5, 0.6) is 0 Å². The van der Waals surface area contributed by atoms with Crippen LogP contribution in [-0.4, -0.2) is 29.3 Å². The monoisotopic (exact) mass is 371 g/mol. The van der Waals surface area contributed by atoms with Crippen molar-refractivity contribution in [1.82, 2.24) is 10.3 Å². The standard InChI is InChI=1S/C20H25N3O4/c1-5-26-18(24)17(23-19(25)27-20(2,3)4)15-12-11-14(21)16(22-15)13-9-7-6-8-10-13/h6-12,17H,5,21H2,1-4H3,(H,23,25). The molecule has 1 heterocycles. The molecule has 0 saturated heterocycles. The van der Waals surface area contributed by atoms with Gasteiger partial charge < -0.3 is 20.5 Å². The molecular formula is C20H25N3O4. The Labute approximate surface area is 158 Å². The summed E-state index contributed by atoms with van der Waals surface area (Å²) < 4.78 is 10.3. The van der Waals surface area contributed by atoms with Gasteiger partial charge in [-0.15, -0.1) is 0 Å². The molecule has 2 aromatic rings. The van der Waals surface area contributed by atoms with Crippen molar-refractivity contribution in [2.24, 2.45) is 0 Å². The molecule has 0 spiro atoms. The number of pyridine rings is 1. The van der Waals surface area contributed by atoms with Gasteiger partial charge in [-0.25, -0.2) is 14.6 Å². The highest BCUT2D eigenvalue weighted by molar-refractivity contribution is 5.83. The van der Waals surface area contributed by atoms with Gasteiger partial charge in [0.1, 0.15) is 5.60 Å². The van der Waals surface area contributed by atoms with E-state index in [0.717, 1.165) is 5.56 Å². The molecule has 1 unspecified atom stereocenters. The van der Waals surface area contributed by atoms with Gasteiger partial charge in [0.25, 0.3) is 0 Å².